The van der Waals surface area contributed by atoms with Gasteiger partial charge in [-0.15, -0.1) is 0 Å². The standard InChI is InChI=1S/C19H22F2N2O2/c1-3-16(23-12(2)11-17(22)24)14-9-10-15(20)19(18(14)21)25-13-7-5-4-6-8-13/h4-10,12,16,23H,3,11H2,1-2H3,(H2,22,24)/t12-,16+/m0/s1. The lowest BCUT2D eigenvalue weighted by Gasteiger charge is -2.23. The Balaban J connectivity index is 2.28. The van der Waals surface area contributed by atoms with Gasteiger partial charge in [0.15, 0.2) is 17.4 Å². The van der Waals surface area contributed by atoms with Crippen molar-refractivity contribution in [3.63, 3.8) is 0 Å². The number of amides is 1. The number of rotatable bonds is 8. The summed E-state index contributed by atoms with van der Waals surface area (Å²) in [6.07, 6.45) is 0.684. The Labute approximate surface area is 146 Å². The van der Waals surface area contributed by atoms with Crippen molar-refractivity contribution in [3.8, 4) is 11.5 Å². The second kappa shape index (κ2) is 8.58. The molecule has 0 bridgehead atoms. The molecule has 0 aliphatic carbocycles. The first-order valence-electron chi connectivity index (χ1n) is 8.17. The van der Waals surface area contributed by atoms with Crippen molar-refractivity contribution in [3.05, 3.63) is 59.7 Å². The van der Waals surface area contributed by atoms with Crippen LogP contribution in [0.4, 0.5) is 8.78 Å². The second-order valence-electron chi connectivity index (χ2n) is 5.89. The van der Waals surface area contributed by atoms with E-state index in [1.165, 1.54) is 12.1 Å². The normalized spacial score (nSPS) is 13.3. The Bertz CT molecular complexity index is 723. The zero-order valence-corrected chi connectivity index (χ0v) is 14.3. The molecule has 0 saturated heterocycles. The molecule has 0 unspecified atom stereocenters. The molecule has 0 heterocycles. The van der Waals surface area contributed by atoms with E-state index in [4.69, 9.17) is 10.5 Å². The molecule has 0 aliphatic rings. The van der Waals surface area contributed by atoms with Gasteiger partial charge in [0.25, 0.3) is 0 Å². The summed E-state index contributed by atoms with van der Waals surface area (Å²) in [4.78, 5) is 11.0. The summed E-state index contributed by atoms with van der Waals surface area (Å²) in [6.45, 7) is 3.66. The summed E-state index contributed by atoms with van der Waals surface area (Å²) in [5, 5.41) is 3.15. The summed E-state index contributed by atoms with van der Waals surface area (Å²) >= 11 is 0. The molecule has 134 valence electrons. The predicted molar refractivity (Wildman–Crippen MR) is 92.3 cm³/mol. The van der Waals surface area contributed by atoms with E-state index < -0.39 is 29.3 Å². The molecular weight excluding hydrogens is 326 g/mol. The first-order chi connectivity index (χ1) is 11.9. The van der Waals surface area contributed by atoms with Crippen LogP contribution in [0.5, 0.6) is 11.5 Å². The molecule has 1 amide bonds. The van der Waals surface area contributed by atoms with Crippen LogP contribution in [0, 0.1) is 11.6 Å². The maximum atomic E-state index is 14.9. The topological polar surface area (TPSA) is 64.3 Å². The van der Waals surface area contributed by atoms with Gasteiger partial charge < -0.3 is 15.8 Å². The molecule has 0 saturated carbocycles. The van der Waals surface area contributed by atoms with E-state index in [1.807, 2.05) is 6.92 Å². The second-order valence-corrected chi connectivity index (χ2v) is 5.89. The number of benzene rings is 2. The van der Waals surface area contributed by atoms with E-state index in [0.29, 0.717) is 12.2 Å². The molecule has 0 radical (unpaired) electrons. The van der Waals surface area contributed by atoms with Gasteiger partial charge in [-0.1, -0.05) is 31.2 Å². The monoisotopic (exact) mass is 348 g/mol. The van der Waals surface area contributed by atoms with E-state index in [-0.39, 0.29) is 18.0 Å². The highest BCUT2D eigenvalue weighted by molar-refractivity contribution is 5.74. The predicted octanol–water partition coefficient (Wildman–Crippen LogP) is 4.06. The Morgan fingerprint density at radius 2 is 1.88 bits per heavy atom. The molecule has 2 aromatic carbocycles. The van der Waals surface area contributed by atoms with Crippen molar-refractivity contribution in [2.45, 2.75) is 38.8 Å². The van der Waals surface area contributed by atoms with Crippen molar-refractivity contribution < 1.29 is 18.3 Å². The van der Waals surface area contributed by atoms with E-state index in [2.05, 4.69) is 5.32 Å². The zero-order valence-electron chi connectivity index (χ0n) is 14.3. The number of primary amides is 1. The third-order valence-corrected chi connectivity index (χ3v) is 3.82. The number of hydrogen-bond acceptors (Lipinski definition) is 3. The molecule has 25 heavy (non-hydrogen) atoms. The van der Waals surface area contributed by atoms with Crippen LogP contribution in [0.3, 0.4) is 0 Å². The molecule has 0 aromatic heterocycles. The van der Waals surface area contributed by atoms with Crippen molar-refractivity contribution in [2.24, 2.45) is 5.73 Å². The number of carbonyl (C=O) groups excluding carboxylic acids is 1. The van der Waals surface area contributed by atoms with Gasteiger partial charge in [-0.05, 0) is 31.5 Å². The Morgan fingerprint density at radius 3 is 2.48 bits per heavy atom. The van der Waals surface area contributed by atoms with E-state index >= 15 is 0 Å². The van der Waals surface area contributed by atoms with Crippen LogP contribution in [0.25, 0.3) is 0 Å². The van der Waals surface area contributed by atoms with Gasteiger partial charge in [-0.25, -0.2) is 8.78 Å². The Hall–Kier alpha value is -2.47. The van der Waals surface area contributed by atoms with Gasteiger partial charge in [-0.2, -0.15) is 0 Å². The first-order valence-corrected chi connectivity index (χ1v) is 8.17. The lowest BCUT2D eigenvalue weighted by atomic mass is 10.0. The molecule has 4 nitrogen and oxygen atoms in total. The largest absolute Gasteiger partial charge is 0.451 e. The number of halogens is 2. The molecule has 0 aliphatic heterocycles. The highest BCUT2D eigenvalue weighted by atomic mass is 19.1. The highest BCUT2D eigenvalue weighted by Gasteiger charge is 2.22. The van der Waals surface area contributed by atoms with Crippen molar-refractivity contribution >= 4 is 5.91 Å². The first kappa shape index (κ1) is 18.9. The smallest absolute Gasteiger partial charge is 0.218 e. The van der Waals surface area contributed by atoms with Gasteiger partial charge in [0, 0.05) is 24.1 Å². The maximum Gasteiger partial charge on any atom is 0.218 e. The fourth-order valence-electron chi connectivity index (χ4n) is 2.65. The number of para-hydroxylation sites is 1. The summed E-state index contributed by atoms with van der Waals surface area (Å²) in [7, 11) is 0. The minimum Gasteiger partial charge on any atom is -0.451 e. The number of nitrogens with two attached hydrogens (primary N) is 1. The average molecular weight is 348 g/mol. The molecule has 2 aromatic rings. The molecule has 6 heteroatoms. The minimum atomic E-state index is -0.773. The van der Waals surface area contributed by atoms with Crippen LogP contribution in [-0.2, 0) is 4.79 Å². The van der Waals surface area contributed by atoms with Crippen molar-refractivity contribution in [2.75, 3.05) is 0 Å². The lowest BCUT2D eigenvalue weighted by molar-refractivity contribution is -0.118. The third kappa shape index (κ3) is 5.00. The van der Waals surface area contributed by atoms with Crippen LogP contribution in [0.15, 0.2) is 42.5 Å². The molecule has 3 N–H and O–H groups in total. The lowest BCUT2D eigenvalue weighted by Crippen LogP contribution is -2.34. The maximum absolute atomic E-state index is 14.9. The van der Waals surface area contributed by atoms with Gasteiger partial charge >= 0.3 is 0 Å². The summed E-state index contributed by atoms with van der Waals surface area (Å²) in [5.41, 5.74) is 5.47. The summed E-state index contributed by atoms with van der Waals surface area (Å²) < 4.78 is 34.3. The van der Waals surface area contributed by atoms with Gasteiger partial charge in [-0.3, -0.25) is 4.79 Å². The summed E-state index contributed by atoms with van der Waals surface area (Å²) in [5.74, 6) is -2.06. The number of carbonyl (C=O) groups is 1. The van der Waals surface area contributed by atoms with Crippen LogP contribution in [0.2, 0.25) is 0 Å². The average Bonchev–Trinajstić information content (AvgIpc) is 2.57. The minimum absolute atomic E-state index is 0.132. The van der Waals surface area contributed by atoms with Gasteiger partial charge in [0.2, 0.25) is 5.91 Å². The Kier molecular flexibility index (Phi) is 6.47. The van der Waals surface area contributed by atoms with E-state index in [1.54, 1.807) is 37.3 Å². The number of ether oxygens (including phenoxy) is 1. The van der Waals surface area contributed by atoms with Crippen LogP contribution in [0.1, 0.15) is 38.3 Å². The van der Waals surface area contributed by atoms with E-state index in [9.17, 15) is 13.6 Å². The molecular formula is C19H22F2N2O2. The van der Waals surface area contributed by atoms with Crippen LogP contribution in [-0.4, -0.2) is 11.9 Å². The third-order valence-electron chi connectivity index (χ3n) is 3.82. The fourth-order valence-corrected chi connectivity index (χ4v) is 2.65. The van der Waals surface area contributed by atoms with Gasteiger partial charge in [0.05, 0.1) is 0 Å². The Morgan fingerprint density at radius 1 is 1.20 bits per heavy atom. The number of hydrogen-bond donors (Lipinski definition) is 2. The fraction of sp³-hybridized carbons (Fsp3) is 0.316. The zero-order chi connectivity index (χ0) is 18.4. The molecule has 2 atom stereocenters. The molecule has 2 rings (SSSR count). The quantitative estimate of drug-likeness (QED) is 0.756. The van der Waals surface area contributed by atoms with Crippen LogP contribution < -0.4 is 15.8 Å². The van der Waals surface area contributed by atoms with E-state index in [0.717, 1.165) is 0 Å². The van der Waals surface area contributed by atoms with Crippen molar-refractivity contribution in [1.82, 2.24) is 5.32 Å². The highest BCUT2D eigenvalue weighted by Crippen LogP contribution is 2.33. The summed E-state index contributed by atoms with van der Waals surface area (Å²) in [6, 6.07) is 10.4. The molecule has 0 spiro atoms. The van der Waals surface area contributed by atoms with Crippen LogP contribution >= 0.6 is 0 Å². The van der Waals surface area contributed by atoms with Crippen molar-refractivity contribution in [1.29, 1.82) is 0 Å². The molecule has 0 fully saturated rings. The van der Waals surface area contributed by atoms with Gasteiger partial charge in [0.1, 0.15) is 5.75 Å². The number of nitrogens with one attached hydrogen (secondary N) is 1. The SMILES string of the molecule is CC[C@@H](N[C@@H](C)CC(N)=O)c1ccc(F)c(Oc2ccccc2)c1F.